The maximum absolute atomic E-state index is 4.62. The summed E-state index contributed by atoms with van der Waals surface area (Å²) in [6.45, 7) is 11.4. The molecule has 0 N–H and O–H groups in total. The minimum absolute atomic E-state index is 0.568. The first kappa shape index (κ1) is 13.4. The van der Waals surface area contributed by atoms with Gasteiger partial charge in [0.15, 0.2) is 0 Å². The van der Waals surface area contributed by atoms with Gasteiger partial charge in [0.05, 0.1) is 0 Å². The fraction of sp³-hybridized carbons (Fsp3) is 0.688. The van der Waals surface area contributed by atoms with E-state index in [4.69, 9.17) is 0 Å². The minimum Gasteiger partial charge on any atom is -0.357 e. The Kier molecular flexibility index (Phi) is 4.26. The first-order valence-corrected chi connectivity index (χ1v) is 7.29. The van der Waals surface area contributed by atoms with Crippen LogP contribution in [0.2, 0.25) is 0 Å². The molecule has 2 rings (SSSR count). The molecule has 2 heterocycles. The summed E-state index contributed by atoms with van der Waals surface area (Å²) >= 11 is 0. The van der Waals surface area contributed by atoms with Crippen LogP contribution < -0.4 is 4.90 Å². The molecule has 1 fully saturated rings. The molecule has 0 spiro atoms. The molecule has 0 aliphatic carbocycles. The second kappa shape index (κ2) is 5.73. The van der Waals surface area contributed by atoms with E-state index >= 15 is 0 Å². The summed E-state index contributed by atoms with van der Waals surface area (Å²) in [6.07, 6.45) is 4.66. The number of pyridine rings is 1. The van der Waals surface area contributed by atoms with Gasteiger partial charge in [-0.05, 0) is 42.2 Å². The van der Waals surface area contributed by atoms with E-state index in [9.17, 15) is 0 Å². The zero-order chi connectivity index (χ0) is 13.1. The molecule has 0 radical (unpaired) electrons. The van der Waals surface area contributed by atoms with Gasteiger partial charge in [-0.2, -0.15) is 0 Å². The normalized spacial score (nSPS) is 17.8. The molecule has 1 saturated heterocycles. The topological polar surface area (TPSA) is 16.1 Å². The van der Waals surface area contributed by atoms with Crippen LogP contribution in [0.4, 0.5) is 5.82 Å². The van der Waals surface area contributed by atoms with Crippen molar-refractivity contribution in [2.45, 2.75) is 46.5 Å². The molecule has 1 aromatic heterocycles. The Hall–Kier alpha value is -1.05. The molecule has 1 aromatic rings. The third kappa shape index (κ3) is 3.04. The molecule has 2 heteroatoms. The van der Waals surface area contributed by atoms with E-state index in [2.05, 4.69) is 49.7 Å². The highest BCUT2D eigenvalue weighted by molar-refractivity contribution is 5.40. The van der Waals surface area contributed by atoms with Crippen molar-refractivity contribution in [1.82, 2.24) is 4.98 Å². The Morgan fingerprint density at radius 2 is 1.78 bits per heavy atom. The van der Waals surface area contributed by atoms with E-state index in [1.165, 1.54) is 18.4 Å². The summed E-state index contributed by atoms with van der Waals surface area (Å²) in [4.78, 5) is 7.05. The van der Waals surface area contributed by atoms with Gasteiger partial charge in [-0.3, -0.25) is 0 Å². The van der Waals surface area contributed by atoms with Crippen LogP contribution in [0.3, 0.4) is 0 Å². The van der Waals surface area contributed by atoms with E-state index in [-0.39, 0.29) is 0 Å². The van der Waals surface area contributed by atoms with E-state index in [0.29, 0.717) is 5.92 Å². The number of rotatable bonds is 3. The predicted octanol–water partition coefficient (Wildman–Crippen LogP) is 4.08. The van der Waals surface area contributed by atoms with Gasteiger partial charge in [0.1, 0.15) is 5.82 Å². The number of nitrogens with zero attached hydrogens (tertiary/aromatic N) is 2. The molecule has 0 bridgehead atoms. The molecule has 0 aromatic carbocycles. The highest BCUT2D eigenvalue weighted by Crippen LogP contribution is 2.27. The Morgan fingerprint density at radius 1 is 1.11 bits per heavy atom. The smallest absolute Gasteiger partial charge is 0.128 e. The zero-order valence-electron chi connectivity index (χ0n) is 12.2. The number of hydrogen-bond acceptors (Lipinski definition) is 2. The number of hydrogen-bond donors (Lipinski definition) is 0. The largest absolute Gasteiger partial charge is 0.357 e. The van der Waals surface area contributed by atoms with Crippen LogP contribution in [0, 0.1) is 11.8 Å². The summed E-state index contributed by atoms with van der Waals surface area (Å²) in [5, 5.41) is 0. The standard InChI is InChI=1S/C16H26N2/c1-12(2)14-7-9-18(10-8-14)16-6-5-15(11-17-16)13(3)4/h5-6,11-14H,7-10H2,1-4H3. The van der Waals surface area contributed by atoms with Crippen LogP contribution in [0.25, 0.3) is 0 Å². The van der Waals surface area contributed by atoms with Crippen LogP contribution in [0.15, 0.2) is 18.3 Å². The maximum Gasteiger partial charge on any atom is 0.128 e. The summed E-state index contributed by atoms with van der Waals surface area (Å²) in [6, 6.07) is 4.41. The van der Waals surface area contributed by atoms with Gasteiger partial charge in [-0.25, -0.2) is 4.98 Å². The first-order valence-electron chi connectivity index (χ1n) is 7.29. The van der Waals surface area contributed by atoms with Crippen molar-refractivity contribution in [1.29, 1.82) is 0 Å². The molecular weight excluding hydrogens is 220 g/mol. The highest BCUT2D eigenvalue weighted by Gasteiger charge is 2.22. The third-order valence-electron chi connectivity index (χ3n) is 4.24. The lowest BCUT2D eigenvalue weighted by Crippen LogP contribution is -2.35. The highest BCUT2D eigenvalue weighted by atomic mass is 15.2. The monoisotopic (exact) mass is 246 g/mol. The summed E-state index contributed by atoms with van der Waals surface area (Å²) < 4.78 is 0. The van der Waals surface area contributed by atoms with Crippen molar-refractivity contribution in [3.05, 3.63) is 23.9 Å². The molecule has 18 heavy (non-hydrogen) atoms. The van der Waals surface area contributed by atoms with Crippen molar-refractivity contribution in [3.63, 3.8) is 0 Å². The maximum atomic E-state index is 4.62. The summed E-state index contributed by atoms with van der Waals surface area (Å²) in [5.41, 5.74) is 1.33. The number of anilines is 1. The Bertz CT molecular complexity index is 359. The van der Waals surface area contributed by atoms with Gasteiger partial charge < -0.3 is 4.90 Å². The molecule has 0 unspecified atom stereocenters. The lowest BCUT2D eigenvalue weighted by atomic mass is 9.87. The van der Waals surface area contributed by atoms with Crippen molar-refractivity contribution >= 4 is 5.82 Å². The average Bonchev–Trinajstić information content (AvgIpc) is 2.39. The lowest BCUT2D eigenvalue weighted by Gasteiger charge is -2.34. The molecule has 100 valence electrons. The van der Waals surface area contributed by atoms with Crippen molar-refractivity contribution in [2.24, 2.45) is 11.8 Å². The fourth-order valence-corrected chi connectivity index (χ4v) is 2.72. The van der Waals surface area contributed by atoms with E-state index in [0.717, 1.165) is 30.7 Å². The van der Waals surface area contributed by atoms with Gasteiger partial charge >= 0.3 is 0 Å². The van der Waals surface area contributed by atoms with Crippen molar-refractivity contribution < 1.29 is 0 Å². The fourth-order valence-electron chi connectivity index (χ4n) is 2.72. The lowest BCUT2D eigenvalue weighted by molar-refractivity contribution is 0.310. The van der Waals surface area contributed by atoms with Gasteiger partial charge in [-0.15, -0.1) is 0 Å². The Balaban J connectivity index is 1.97. The molecular formula is C16H26N2. The number of piperidine rings is 1. The molecule has 1 aliphatic rings. The van der Waals surface area contributed by atoms with Gasteiger partial charge in [0.25, 0.3) is 0 Å². The predicted molar refractivity (Wildman–Crippen MR) is 78.1 cm³/mol. The van der Waals surface area contributed by atoms with Gasteiger partial charge in [0, 0.05) is 19.3 Å². The summed E-state index contributed by atoms with van der Waals surface area (Å²) in [7, 11) is 0. The van der Waals surface area contributed by atoms with Crippen LogP contribution >= 0.6 is 0 Å². The van der Waals surface area contributed by atoms with Crippen LogP contribution in [-0.2, 0) is 0 Å². The zero-order valence-corrected chi connectivity index (χ0v) is 12.2. The van der Waals surface area contributed by atoms with E-state index in [1.807, 2.05) is 6.20 Å². The van der Waals surface area contributed by atoms with Gasteiger partial charge in [0.2, 0.25) is 0 Å². The molecule has 0 amide bonds. The van der Waals surface area contributed by atoms with Crippen molar-refractivity contribution in [3.8, 4) is 0 Å². The molecule has 0 atom stereocenters. The second-order valence-corrected chi connectivity index (χ2v) is 6.17. The van der Waals surface area contributed by atoms with Crippen LogP contribution in [0.1, 0.15) is 52.0 Å². The third-order valence-corrected chi connectivity index (χ3v) is 4.24. The van der Waals surface area contributed by atoms with Gasteiger partial charge in [-0.1, -0.05) is 33.8 Å². The van der Waals surface area contributed by atoms with E-state index < -0.39 is 0 Å². The average molecular weight is 246 g/mol. The van der Waals surface area contributed by atoms with Crippen LogP contribution in [-0.4, -0.2) is 18.1 Å². The SMILES string of the molecule is CC(C)c1ccc(N2CCC(C(C)C)CC2)nc1. The first-order chi connectivity index (χ1) is 8.58. The second-order valence-electron chi connectivity index (χ2n) is 6.17. The van der Waals surface area contributed by atoms with Crippen LogP contribution in [0.5, 0.6) is 0 Å². The Morgan fingerprint density at radius 3 is 2.22 bits per heavy atom. The Labute approximate surface area is 111 Å². The quantitative estimate of drug-likeness (QED) is 0.799. The van der Waals surface area contributed by atoms with E-state index in [1.54, 1.807) is 0 Å². The molecule has 0 saturated carbocycles. The summed E-state index contributed by atoms with van der Waals surface area (Å²) in [5.74, 6) is 3.44. The molecule has 1 aliphatic heterocycles. The minimum atomic E-state index is 0.568. The molecule has 2 nitrogen and oxygen atoms in total. The van der Waals surface area contributed by atoms with Crippen molar-refractivity contribution in [2.75, 3.05) is 18.0 Å². The number of aromatic nitrogens is 1.